The standard InChI is InChI=1S/C15H11N5OS/c22-15-19-18-14(13-6-3-7-21-13)20(15)17-9-10-8-16-12-5-2-1-4-11(10)12/h1-9,16H,(H,19,22)/b17-9-. The predicted octanol–water partition coefficient (Wildman–Crippen LogP) is 3.56. The number of aromatic nitrogens is 4. The highest BCUT2D eigenvalue weighted by molar-refractivity contribution is 7.71. The van der Waals surface area contributed by atoms with Gasteiger partial charge in [0.25, 0.3) is 0 Å². The molecular weight excluding hydrogens is 298 g/mol. The minimum atomic E-state index is 0.405. The first-order valence-electron chi connectivity index (χ1n) is 6.65. The molecule has 3 heterocycles. The van der Waals surface area contributed by atoms with Crippen molar-refractivity contribution >= 4 is 29.3 Å². The molecule has 4 aromatic rings. The Bertz CT molecular complexity index is 1010. The van der Waals surface area contributed by atoms with Crippen LogP contribution in [0.4, 0.5) is 0 Å². The topological polar surface area (TPSA) is 74.9 Å². The second-order valence-electron chi connectivity index (χ2n) is 4.68. The quantitative estimate of drug-likeness (QED) is 0.449. The van der Waals surface area contributed by atoms with Crippen LogP contribution in [0.1, 0.15) is 5.56 Å². The third kappa shape index (κ3) is 2.08. The molecule has 1 aromatic carbocycles. The highest BCUT2D eigenvalue weighted by Crippen LogP contribution is 2.19. The Morgan fingerprint density at radius 3 is 3.00 bits per heavy atom. The third-order valence-electron chi connectivity index (χ3n) is 3.33. The summed E-state index contributed by atoms with van der Waals surface area (Å²) in [6, 6.07) is 11.6. The van der Waals surface area contributed by atoms with E-state index in [0.29, 0.717) is 16.4 Å². The van der Waals surface area contributed by atoms with Gasteiger partial charge in [0.2, 0.25) is 10.6 Å². The van der Waals surface area contributed by atoms with Crippen molar-refractivity contribution in [2.45, 2.75) is 0 Å². The van der Waals surface area contributed by atoms with Crippen molar-refractivity contribution < 1.29 is 4.42 Å². The van der Waals surface area contributed by atoms with Gasteiger partial charge in [-0.25, -0.2) is 5.10 Å². The highest BCUT2D eigenvalue weighted by Gasteiger charge is 2.10. The van der Waals surface area contributed by atoms with Crippen LogP contribution in [0.5, 0.6) is 0 Å². The number of nitrogens with one attached hydrogen (secondary N) is 2. The van der Waals surface area contributed by atoms with Crippen LogP contribution in [0.3, 0.4) is 0 Å². The number of para-hydroxylation sites is 1. The van der Waals surface area contributed by atoms with E-state index in [0.717, 1.165) is 16.5 Å². The lowest BCUT2D eigenvalue weighted by Crippen LogP contribution is -1.93. The molecule has 0 radical (unpaired) electrons. The summed E-state index contributed by atoms with van der Waals surface area (Å²) in [6.45, 7) is 0. The number of hydrogen-bond donors (Lipinski definition) is 2. The number of furan rings is 1. The molecule has 2 N–H and O–H groups in total. The fourth-order valence-electron chi connectivity index (χ4n) is 2.28. The van der Waals surface area contributed by atoms with Gasteiger partial charge in [-0.1, -0.05) is 18.2 Å². The lowest BCUT2D eigenvalue weighted by Gasteiger charge is -1.96. The lowest BCUT2D eigenvalue weighted by molar-refractivity contribution is 0.573. The average molecular weight is 309 g/mol. The second-order valence-corrected chi connectivity index (χ2v) is 5.06. The number of nitrogens with zero attached hydrogens (tertiary/aromatic N) is 3. The summed E-state index contributed by atoms with van der Waals surface area (Å²) < 4.78 is 7.29. The van der Waals surface area contributed by atoms with Gasteiger partial charge >= 0.3 is 0 Å². The fourth-order valence-corrected chi connectivity index (χ4v) is 2.46. The van der Waals surface area contributed by atoms with Gasteiger partial charge < -0.3 is 9.40 Å². The second kappa shape index (κ2) is 5.12. The van der Waals surface area contributed by atoms with Crippen molar-refractivity contribution in [2.75, 3.05) is 0 Å². The number of benzene rings is 1. The van der Waals surface area contributed by atoms with Gasteiger partial charge in [-0.3, -0.25) is 0 Å². The minimum absolute atomic E-state index is 0.405. The van der Waals surface area contributed by atoms with E-state index in [1.807, 2.05) is 36.5 Å². The number of aromatic amines is 2. The molecule has 0 aliphatic rings. The summed E-state index contributed by atoms with van der Waals surface area (Å²) in [5, 5.41) is 12.4. The number of rotatable bonds is 3. The van der Waals surface area contributed by atoms with E-state index in [1.165, 1.54) is 4.68 Å². The molecule has 0 bridgehead atoms. The summed E-state index contributed by atoms with van der Waals surface area (Å²) in [5.74, 6) is 1.13. The monoisotopic (exact) mass is 309 g/mol. The number of hydrogen-bond acceptors (Lipinski definition) is 4. The Kier molecular flexibility index (Phi) is 2.97. The van der Waals surface area contributed by atoms with Crippen molar-refractivity contribution in [1.29, 1.82) is 0 Å². The lowest BCUT2D eigenvalue weighted by atomic mass is 10.2. The Morgan fingerprint density at radius 2 is 2.14 bits per heavy atom. The van der Waals surface area contributed by atoms with Crippen LogP contribution in [0, 0.1) is 4.77 Å². The Balaban J connectivity index is 1.78. The number of fused-ring (bicyclic) bond motifs is 1. The summed E-state index contributed by atoms with van der Waals surface area (Å²) in [6.07, 6.45) is 5.24. The van der Waals surface area contributed by atoms with E-state index in [4.69, 9.17) is 16.6 Å². The van der Waals surface area contributed by atoms with E-state index >= 15 is 0 Å². The number of H-pyrrole nitrogens is 2. The van der Waals surface area contributed by atoms with Crippen molar-refractivity contribution in [3.05, 3.63) is 59.2 Å². The van der Waals surface area contributed by atoms with Crippen LogP contribution in [0.15, 0.2) is 58.4 Å². The summed E-state index contributed by atoms with van der Waals surface area (Å²) >= 11 is 5.22. The Morgan fingerprint density at radius 1 is 1.23 bits per heavy atom. The van der Waals surface area contributed by atoms with Crippen molar-refractivity contribution in [3.8, 4) is 11.6 Å². The maximum absolute atomic E-state index is 5.35. The predicted molar refractivity (Wildman–Crippen MR) is 86.4 cm³/mol. The first-order valence-corrected chi connectivity index (χ1v) is 7.05. The van der Waals surface area contributed by atoms with Crippen LogP contribution < -0.4 is 0 Å². The largest absolute Gasteiger partial charge is 0.461 e. The van der Waals surface area contributed by atoms with Gasteiger partial charge in [0, 0.05) is 22.7 Å². The maximum atomic E-state index is 5.35. The summed E-state index contributed by atoms with van der Waals surface area (Å²) in [7, 11) is 0. The van der Waals surface area contributed by atoms with Crippen LogP contribution in [-0.2, 0) is 0 Å². The maximum Gasteiger partial charge on any atom is 0.219 e. The Hall–Kier alpha value is -2.93. The van der Waals surface area contributed by atoms with E-state index in [1.54, 1.807) is 18.5 Å². The van der Waals surface area contributed by atoms with Gasteiger partial charge in [-0.15, -0.1) is 5.10 Å². The van der Waals surface area contributed by atoms with E-state index in [9.17, 15) is 0 Å². The molecule has 0 unspecified atom stereocenters. The normalized spacial score (nSPS) is 11.6. The third-order valence-corrected chi connectivity index (χ3v) is 3.59. The molecule has 22 heavy (non-hydrogen) atoms. The molecule has 0 fully saturated rings. The zero-order valence-corrected chi connectivity index (χ0v) is 12.2. The van der Waals surface area contributed by atoms with Crippen LogP contribution in [-0.4, -0.2) is 26.1 Å². The minimum Gasteiger partial charge on any atom is -0.461 e. The highest BCUT2D eigenvalue weighted by atomic mass is 32.1. The zero-order chi connectivity index (χ0) is 14.9. The van der Waals surface area contributed by atoms with E-state index < -0.39 is 0 Å². The molecule has 6 nitrogen and oxygen atoms in total. The van der Waals surface area contributed by atoms with E-state index in [-0.39, 0.29) is 0 Å². The van der Waals surface area contributed by atoms with Crippen molar-refractivity contribution in [2.24, 2.45) is 5.10 Å². The molecule has 4 rings (SSSR count). The zero-order valence-electron chi connectivity index (χ0n) is 11.4. The van der Waals surface area contributed by atoms with E-state index in [2.05, 4.69) is 20.3 Å². The van der Waals surface area contributed by atoms with Gasteiger partial charge in [-0.2, -0.15) is 9.78 Å². The molecule has 0 amide bonds. The average Bonchev–Trinajstić information content (AvgIpc) is 3.25. The van der Waals surface area contributed by atoms with Gasteiger partial charge in [-0.05, 0) is 30.4 Å². The Labute approximate surface area is 130 Å². The molecule has 0 atom stereocenters. The molecule has 0 aliphatic heterocycles. The van der Waals surface area contributed by atoms with Crippen LogP contribution in [0.2, 0.25) is 0 Å². The summed E-state index contributed by atoms with van der Waals surface area (Å²) in [5.41, 5.74) is 2.04. The van der Waals surface area contributed by atoms with Crippen molar-refractivity contribution in [3.63, 3.8) is 0 Å². The first-order chi connectivity index (χ1) is 10.8. The van der Waals surface area contributed by atoms with Crippen LogP contribution in [0.25, 0.3) is 22.5 Å². The molecule has 108 valence electrons. The van der Waals surface area contributed by atoms with Gasteiger partial charge in [0.05, 0.1) is 12.5 Å². The molecule has 0 aliphatic carbocycles. The van der Waals surface area contributed by atoms with Crippen LogP contribution >= 0.6 is 12.2 Å². The SMILES string of the molecule is S=c1[nH]nc(-c2ccco2)n1/N=C\c1c[nH]c2ccccc12. The smallest absolute Gasteiger partial charge is 0.219 e. The van der Waals surface area contributed by atoms with Gasteiger partial charge in [0.1, 0.15) is 0 Å². The van der Waals surface area contributed by atoms with Gasteiger partial charge in [0.15, 0.2) is 5.76 Å². The molecule has 0 saturated carbocycles. The molecular formula is C15H11N5OS. The molecule has 7 heteroatoms. The first kappa shape index (κ1) is 12.8. The molecule has 0 saturated heterocycles. The molecule has 0 spiro atoms. The fraction of sp³-hybridized carbons (Fsp3) is 0. The van der Waals surface area contributed by atoms with Crippen molar-refractivity contribution in [1.82, 2.24) is 19.9 Å². The molecule has 3 aromatic heterocycles. The summed E-state index contributed by atoms with van der Waals surface area (Å²) in [4.78, 5) is 3.21.